The third kappa shape index (κ3) is 5.70. The Balaban J connectivity index is 1.40. The number of carbonyl (C=O) groups excluding carboxylic acids is 3. The minimum atomic E-state index is -0.502. The zero-order chi connectivity index (χ0) is 21.5. The molecule has 0 unspecified atom stereocenters. The first-order valence-electron chi connectivity index (χ1n) is 9.56. The standard InChI is InChI=1S/C21H22ClFN4O3/c22-18-14-15(23)6-7-17(18)20(29)27-12-10-26(11-13-27)19(28)8-9-24-21(30)25-16-4-2-1-3-5-16/h1-7,14H,8-13H2,(H2,24,25,30). The molecule has 3 rings (SSSR count). The van der Waals surface area contributed by atoms with Crippen molar-refractivity contribution >= 4 is 35.1 Å². The normalized spacial score (nSPS) is 13.7. The Hall–Kier alpha value is -3.13. The average Bonchev–Trinajstić information content (AvgIpc) is 2.74. The first-order valence-corrected chi connectivity index (χ1v) is 9.94. The van der Waals surface area contributed by atoms with E-state index >= 15 is 0 Å². The molecule has 1 aliphatic heterocycles. The highest BCUT2D eigenvalue weighted by atomic mass is 35.5. The molecule has 158 valence electrons. The molecular formula is C21H22ClFN4O3. The van der Waals surface area contributed by atoms with E-state index in [-0.39, 0.29) is 41.4 Å². The van der Waals surface area contributed by atoms with E-state index in [9.17, 15) is 18.8 Å². The summed E-state index contributed by atoms with van der Waals surface area (Å²) in [7, 11) is 0. The number of benzene rings is 2. The minimum absolute atomic E-state index is 0.0679. The van der Waals surface area contributed by atoms with Gasteiger partial charge in [-0.15, -0.1) is 0 Å². The molecule has 0 saturated carbocycles. The summed E-state index contributed by atoms with van der Waals surface area (Å²) < 4.78 is 13.2. The molecule has 0 aliphatic carbocycles. The van der Waals surface area contributed by atoms with E-state index < -0.39 is 5.82 Å². The van der Waals surface area contributed by atoms with Crippen molar-refractivity contribution in [2.24, 2.45) is 0 Å². The number of carbonyl (C=O) groups is 3. The fraction of sp³-hybridized carbons (Fsp3) is 0.286. The number of rotatable bonds is 5. The van der Waals surface area contributed by atoms with Crippen LogP contribution in [0.3, 0.4) is 0 Å². The van der Waals surface area contributed by atoms with Gasteiger partial charge < -0.3 is 20.4 Å². The van der Waals surface area contributed by atoms with Crippen molar-refractivity contribution in [1.29, 1.82) is 0 Å². The van der Waals surface area contributed by atoms with Crippen molar-refractivity contribution in [3.05, 3.63) is 64.9 Å². The number of amides is 4. The molecule has 2 aromatic rings. The molecular weight excluding hydrogens is 411 g/mol. The number of piperazine rings is 1. The highest BCUT2D eigenvalue weighted by Gasteiger charge is 2.25. The highest BCUT2D eigenvalue weighted by Crippen LogP contribution is 2.20. The molecule has 1 aliphatic rings. The van der Waals surface area contributed by atoms with Gasteiger partial charge in [0, 0.05) is 44.8 Å². The van der Waals surface area contributed by atoms with E-state index in [4.69, 9.17) is 11.6 Å². The molecule has 30 heavy (non-hydrogen) atoms. The van der Waals surface area contributed by atoms with Gasteiger partial charge in [-0.2, -0.15) is 0 Å². The Kier molecular flexibility index (Phi) is 7.24. The van der Waals surface area contributed by atoms with E-state index in [1.54, 1.807) is 21.9 Å². The molecule has 9 heteroatoms. The first-order chi connectivity index (χ1) is 14.4. The maximum Gasteiger partial charge on any atom is 0.319 e. The summed E-state index contributed by atoms with van der Waals surface area (Å²) >= 11 is 5.96. The first kappa shape index (κ1) is 21.6. The summed E-state index contributed by atoms with van der Waals surface area (Å²) in [5, 5.41) is 5.40. The summed E-state index contributed by atoms with van der Waals surface area (Å²) in [5.41, 5.74) is 0.912. The Morgan fingerprint density at radius 2 is 1.63 bits per heavy atom. The fourth-order valence-electron chi connectivity index (χ4n) is 3.13. The summed E-state index contributed by atoms with van der Waals surface area (Å²) in [6.45, 7) is 1.71. The average molecular weight is 433 g/mol. The summed E-state index contributed by atoms with van der Waals surface area (Å²) in [6.07, 6.45) is 0.167. The molecule has 1 heterocycles. The van der Waals surface area contributed by atoms with Crippen molar-refractivity contribution in [2.75, 3.05) is 38.0 Å². The van der Waals surface area contributed by atoms with E-state index in [1.165, 1.54) is 12.1 Å². The van der Waals surface area contributed by atoms with Crippen LogP contribution in [0.15, 0.2) is 48.5 Å². The topological polar surface area (TPSA) is 81.8 Å². The predicted octanol–water partition coefficient (Wildman–Crippen LogP) is 2.98. The van der Waals surface area contributed by atoms with Crippen molar-refractivity contribution < 1.29 is 18.8 Å². The van der Waals surface area contributed by atoms with Crippen LogP contribution in [-0.2, 0) is 4.79 Å². The fourth-order valence-corrected chi connectivity index (χ4v) is 3.38. The van der Waals surface area contributed by atoms with E-state index in [0.717, 1.165) is 6.07 Å². The van der Waals surface area contributed by atoms with Crippen molar-refractivity contribution in [3.63, 3.8) is 0 Å². The number of para-hydroxylation sites is 1. The molecule has 0 spiro atoms. The van der Waals surface area contributed by atoms with Gasteiger partial charge in [0.25, 0.3) is 5.91 Å². The van der Waals surface area contributed by atoms with Gasteiger partial charge in [-0.25, -0.2) is 9.18 Å². The van der Waals surface area contributed by atoms with Gasteiger partial charge in [0.1, 0.15) is 5.82 Å². The maximum atomic E-state index is 13.2. The lowest BCUT2D eigenvalue weighted by molar-refractivity contribution is -0.132. The van der Waals surface area contributed by atoms with Crippen LogP contribution in [0.2, 0.25) is 5.02 Å². The Labute approximate surface area is 178 Å². The van der Waals surface area contributed by atoms with E-state index in [1.807, 2.05) is 18.2 Å². The van der Waals surface area contributed by atoms with Crippen LogP contribution >= 0.6 is 11.6 Å². The van der Waals surface area contributed by atoms with Crippen LogP contribution in [0, 0.1) is 5.82 Å². The number of hydrogen-bond donors (Lipinski definition) is 2. The van der Waals surface area contributed by atoms with Crippen LogP contribution in [0.4, 0.5) is 14.9 Å². The molecule has 1 fully saturated rings. The van der Waals surface area contributed by atoms with Crippen LogP contribution in [0.25, 0.3) is 0 Å². The number of anilines is 1. The van der Waals surface area contributed by atoms with E-state index in [0.29, 0.717) is 31.9 Å². The third-order valence-electron chi connectivity index (χ3n) is 4.74. The molecule has 0 bridgehead atoms. The molecule has 2 N–H and O–H groups in total. The molecule has 0 aromatic heterocycles. The van der Waals surface area contributed by atoms with Crippen LogP contribution in [-0.4, -0.2) is 60.4 Å². The Bertz CT molecular complexity index is 918. The molecule has 1 saturated heterocycles. The number of nitrogens with zero attached hydrogens (tertiary/aromatic N) is 2. The van der Waals surface area contributed by atoms with Gasteiger partial charge >= 0.3 is 6.03 Å². The summed E-state index contributed by atoms with van der Waals surface area (Å²) in [5.74, 6) is -0.883. The van der Waals surface area contributed by atoms with Crippen LogP contribution in [0.1, 0.15) is 16.8 Å². The largest absolute Gasteiger partial charge is 0.339 e. The molecule has 4 amide bonds. The van der Waals surface area contributed by atoms with Crippen LogP contribution in [0.5, 0.6) is 0 Å². The lowest BCUT2D eigenvalue weighted by Crippen LogP contribution is -2.51. The van der Waals surface area contributed by atoms with Gasteiger partial charge in [-0.05, 0) is 30.3 Å². The van der Waals surface area contributed by atoms with Gasteiger partial charge in [-0.3, -0.25) is 9.59 Å². The highest BCUT2D eigenvalue weighted by molar-refractivity contribution is 6.33. The number of halogens is 2. The second-order valence-corrected chi connectivity index (χ2v) is 7.20. The smallest absolute Gasteiger partial charge is 0.319 e. The molecule has 2 aromatic carbocycles. The quantitative estimate of drug-likeness (QED) is 0.762. The predicted molar refractivity (Wildman–Crippen MR) is 112 cm³/mol. The molecule has 0 radical (unpaired) electrons. The Morgan fingerprint density at radius 1 is 0.967 bits per heavy atom. The van der Waals surface area contributed by atoms with Crippen molar-refractivity contribution in [1.82, 2.24) is 15.1 Å². The van der Waals surface area contributed by atoms with Gasteiger partial charge in [-0.1, -0.05) is 29.8 Å². The SMILES string of the molecule is O=C(NCCC(=O)N1CCN(C(=O)c2ccc(F)cc2Cl)CC1)Nc1ccccc1. The second-order valence-electron chi connectivity index (χ2n) is 6.79. The molecule has 7 nitrogen and oxygen atoms in total. The van der Waals surface area contributed by atoms with Crippen LogP contribution < -0.4 is 10.6 Å². The van der Waals surface area contributed by atoms with Gasteiger partial charge in [0.2, 0.25) is 5.91 Å². The third-order valence-corrected chi connectivity index (χ3v) is 5.05. The summed E-state index contributed by atoms with van der Waals surface area (Å²) in [4.78, 5) is 40.0. The molecule has 0 atom stereocenters. The minimum Gasteiger partial charge on any atom is -0.339 e. The van der Waals surface area contributed by atoms with Crippen molar-refractivity contribution in [3.8, 4) is 0 Å². The number of urea groups is 1. The van der Waals surface area contributed by atoms with E-state index in [2.05, 4.69) is 10.6 Å². The monoisotopic (exact) mass is 432 g/mol. The zero-order valence-corrected chi connectivity index (χ0v) is 17.0. The Morgan fingerprint density at radius 3 is 2.30 bits per heavy atom. The maximum absolute atomic E-state index is 13.2. The number of hydrogen-bond acceptors (Lipinski definition) is 3. The summed E-state index contributed by atoms with van der Waals surface area (Å²) in [6, 6.07) is 12.3. The zero-order valence-electron chi connectivity index (χ0n) is 16.2. The van der Waals surface area contributed by atoms with Gasteiger partial charge in [0.05, 0.1) is 10.6 Å². The second kappa shape index (κ2) is 10.1. The van der Waals surface area contributed by atoms with Gasteiger partial charge in [0.15, 0.2) is 0 Å². The number of nitrogens with one attached hydrogen (secondary N) is 2. The van der Waals surface area contributed by atoms with Crippen molar-refractivity contribution in [2.45, 2.75) is 6.42 Å². The lowest BCUT2D eigenvalue weighted by atomic mass is 10.1. The lowest BCUT2D eigenvalue weighted by Gasteiger charge is -2.35.